The first kappa shape index (κ1) is 19.1. The summed E-state index contributed by atoms with van der Waals surface area (Å²) in [6, 6.07) is 18.5. The van der Waals surface area contributed by atoms with Crippen molar-refractivity contribution in [3.8, 4) is 22.3 Å². The summed E-state index contributed by atoms with van der Waals surface area (Å²) in [7, 11) is 1.45. The molecule has 2 nitrogen and oxygen atoms in total. The van der Waals surface area contributed by atoms with Gasteiger partial charge in [0.25, 0.3) is 0 Å². The Morgan fingerprint density at radius 1 is 1.04 bits per heavy atom. The molecule has 0 heterocycles. The number of carbonyl (C=O) groups excluding carboxylic acids is 1. The number of hydrogen-bond acceptors (Lipinski definition) is 3. The van der Waals surface area contributed by atoms with Gasteiger partial charge in [-0.1, -0.05) is 48.0 Å². The minimum Gasteiger partial charge on any atom is -0.465 e. The Labute approximate surface area is 174 Å². The molecule has 28 heavy (non-hydrogen) atoms. The lowest BCUT2D eigenvalue weighted by Crippen LogP contribution is -2.09. The number of fused-ring (bicyclic) bond motifs is 3. The van der Waals surface area contributed by atoms with Crippen LogP contribution in [0.25, 0.3) is 22.3 Å². The molecular weight excluding hydrogens is 388 g/mol. The Morgan fingerprint density at radius 3 is 2.50 bits per heavy atom. The number of thioether (sulfide) groups is 1. The van der Waals surface area contributed by atoms with Gasteiger partial charge in [0.05, 0.1) is 12.7 Å². The van der Waals surface area contributed by atoms with E-state index in [1.807, 2.05) is 24.5 Å². The molecule has 4 heteroatoms. The number of esters is 1. The highest BCUT2D eigenvalue weighted by Crippen LogP contribution is 2.44. The fourth-order valence-corrected chi connectivity index (χ4v) is 4.80. The fourth-order valence-electron chi connectivity index (χ4n) is 4.05. The highest BCUT2D eigenvalue weighted by atomic mass is 35.5. The number of hydrogen-bond donors (Lipinski definition) is 0. The van der Waals surface area contributed by atoms with Crippen LogP contribution in [0, 0.1) is 0 Å². The average molecular weight is 409 g/mol. The maximum Gasteiger partial charge on any atom is 0.339 e. The van der Waals surface area contributed by atoms with Gasteiger partial charge in [-0.15, -0.1) is 11.8 Å². The van der Waals surface area contributed by atoms with Gasteiger partial charge in [0.2, 0.25) is 0 Å². The lowest BCUT2D eigenvalue weighted by atomic mass is 9.86. The van der Waals surface area contributed by atoms with E-state index in [1.165, 1.54) is 23.8 Å². The quantitative estimate of drug-likeness (QED) is 0.357. The molecule has 1 aliphatic rings. The molecule has 0 spiro atoms. The molecule has 0 fully saturated rings. The molecule has 142 valence electrons. The average Bonchev–Trinajstić information content (AvgIpc) is 2.92. The summed E-state index contributed by atoms with van der Waals surface area (Å²) in [5.74, 6) is -0.278. The molecule has 0 radical (unpaired) electrons. The summed E-state index contributed by atoms with van der Waals surface area (Å²) in [4.78, 5) is 13.8. The number of ether oxygens (including phenoxy) is 1. The van der Waals surface area contributed by atoms with Crippen molar-refractivity contribution in [2.75, 3.05) is 13.4 Å². The zero-order valence-electron chi connectivity index (χ0n) is 15.9. The van der Waals surface area contributed by atoms with E-state index in [1.54, 1.807) is 11.8 Å². The Bertz CT molecular complexity index is 1040. The van der Waals surface area contributed by atoms with Gasteiger partial charge in [-0.25, -0.2) is 4.79 Å². The zero-order valence-corrected chi connectivity index (χ0v) is 17.5. The summed E-state index contributed by atoms with van der Waals surface area (Å²) in [6.45, 7) is 0. The van der Waals surface area contributed by atoms with E-state index in [0.717, 1.165) is 45.9 Å². The van der Waals surface area contributed by atoms with Crippen LogP contribution in [0.1, 0.15) is 27.9 Å². The van der Waals surface area contributed by atoms with Crippen LogP contribution in [0.3, 0.4) is 0 Å². The zero-order chi connectivity index (χ0) is 19.7. The lowest BCUT2D eigenvalue weighted by molar-refractivity contribution is 0.0597. The van der Waals surface area contributed by atoms with E-state index in [9.17, 15) is 4.79 Å². The number of carbonyl (C=O) groups is 1. The first-order chi connectivity index (χ1) is 13.6. The number of rotatable bonds is 3. The van der Waals surface area contributed by atoms with Crippen molar-refractivity contribution >= 4 is 29.3 Å². The largest absolute Gasteiger partial charge is 0.465 e. The maximum absolute atomic E-state index is 12.8. The van der Waals surface area contributed by atoms with Gasteiger partial charge in [-0.05, 0) is 71.5 Å². The number of benzene rings is 3. The van der Waals surface area contributed by atoms with Crippen LogP contribution in [0.15, 0.2) is 59.5 Å². The van der Waals surface area contributed by atoms with Crippen molar-refractivity contribution in [2.24, 2.45) is 0 Å². The molecule has 4 rings (SSSR count). The summed E-state index contributed by atoms with van der Waals surface area (Å²) in [5, 5.41) is 0.719. The minimum atomic E-state index is -0.278. The van der Waals surface area contributed by atoms with Gasteiger partial charge in [-0.2, -0.15) is 0 Å². The van der Waals surface area contributed by atoms with Crippen LogP contribution in [0.2, 0.25) is 5.02 Å². The smallest absolute Gasteiger partial charge is 0.339 e. The van der Waals surface area contributed by atoms with Gasteiger partial charge >= 0.3 is 5.97 Å². The summed E-state index contributed by atoms with van der Waals surface area (Å²) >= 11 is 7.69. The van der Waals surface area contributed by atoms with Crippen LogP contribution in [-0.4, -0.2) is 19.3 Å². The lowest BCUT2D eigenvalue weighted by Gasteiger charge is -2.21. The molecule has 3 aromatic carbocycles. The predicted octanol–water partition coefficient (Wildman–Crippen LogP) is 6.67. The normalized spacial score (nSPS) is 12.7. The van der Waals surface area contributed by atoms with E-state index in [0.29, 0.717) is 5.56 Å². The summed E-state index contributed by atoms with van der Waals surface area (Å²) < 4.78 is 5.19. The van der Waals surface area contributed by atoms with E-state index in [-0.39, 0.29) is 5.97 Å². The second kappa shape index (κ2) is 8.02. The molecule has 0 saturated carbocycles. The Hall–Kier alpha value is -2.23. The van der Waals surface area contributed by atoms with Gasteiger partial charge in [0, 0.05) is 15.5 Å². The van der Waals surface area contributed by atoms with Crippen LogP contribution in [0.4, 0.5) is 0 Å². The molecule has 0 saturated heterocycles. The van der Waals surface area contributed by atoms with Crippen LogP contribution in [0.5, 0.6) is 0 Å². The minimum absolute atomic E-state index is 0.278. The third-order valence-corrected chi connectivity index (χ3v) is 6.34. The Balaban J connectivity index is 2.10. The molecule has 1 aliphatic carbocycles. The fraction of sp³-hybridized carbons (Fsp3) is 0.208. The van der Waals surface area contributed by atoms with E-state index >= 15 is 0 Å². The Morgan fingerprint density at radius 2 is 1.79 bits per heavy atom. The molecule has 0 amide bonds. The summed E-state index contributed by atoms with van der Waals surface area (Å²) in [6.07, 6.45) is 4.97. The number of halogens is 1. The molecular formula is C24H21ClO2S. The molecule has 3 aromatic rings. The van der Waals surface area contributed by atoms with Gasteiger partial charge in [0.15, 0.2) is 0 Å². The van der Waals surface area contributed by atoms with E-state index in [4.69, 9.17) is 16.3 Å². The van der Waals surface area contributed by atoms with E-state index < -0.39 is 0 Å². The molecule has 0 aliphatic heterocycles. The van der Waals surface area contributed by atoms with Crippen molar-refractivity contribution in [1.29, 1.82) is 0 Å². The summed E-state index contributed by atoms with van der Waals surface area (Å²) in [5.41, 5.74) is 7.62. The second-order valence-corrected chi connectivity index (χ2v) is 8.15. The van der Waals surface area contributed by atoms with Crippen molar-refractivity contribution in [3.05, 3.63) is 76.3 Å². The second-order valence-electron chi connectivity index (χ2n) is 6.86. The predicted molar refractivity (Wildman–Crippen MR) is 117 cm³/mol. The first-order valence-corrected chi connectivity index (χ1v) is 10.9. The van der Waals surface area contributed by atoms with Gasteiger partial charge in [0.1, 0.15) is 0 Å². The topological polar surface area (TPSA) is 26.3 Å². The number of aryl methyl sites for hydroxylation is 1. The highest BCUT2D eigenvalue weighted by molar-refractivity contribution is 7.98. The first-order valence-electron chi connectivity index (χ1n) is 9.30. The SMILES string of the molecule is COC(=O)c1c(SC)cc(-c2ccc(Cl)cc2)c2c1-c1ccccc1CCC2. The van der Waals surface area contributed by atoms with Crippen molar-refractivity contribution in [2.45, 2.75) is 24.2 Å². The monoisotopic (exact) mass is 408 g/mol. The molecule has 0 aromatic heterocycles. The molecule has 0 N–H and O–H groups in total. The van der Waals surface area contributed by atoms with Crippen LogP contribution >= 0.6 is 23.4 Å². The van der Waals surface area contributed by atoms with Crippen molar-refractivity contribution in [1.82, 2.24) is 0 Å². The van der Waals surface area contributed by atoms with Crippen LogP contribution in [-0.2, 0) is 17.6 Å². The molecule has 0 unspecified atom stereocenters. The molecule has 0 bridgehead atoms. The Kier molecular flexibility index (Phi) is 5.47. The van der Waals surface area contributed by atoms with Crippen LogP contribution < -0.4 is 0 Å². The van der Waals surface area contributed by atoms with E-state index in [2.05, 4.69) is 36.4 Å². The highest BCUT2D eigenvalue weighted by Gasteiger charge is 2.27. The molecule has 0 atom stereocenters. The van der Waals surface area contributed by atoms with Crippen molar-refractivity contribution < 1.29 is 9.53 Å². The number of methoxy groups -OCH3 is 1. The van der Waals surface area contributed by atoms with Gasteiger partial charge < -0.3 is 4.74 Å². The third kappa shape index (κ3) is 3.34. The van der Waals surface area contributed by atoms with Gasteiger partial charge in [-0.3, -0.25) is 0 Å². The third-order valence-electron chi connectivity index (χ3n) is 5.32. The van der Waals surface area contributed by atoms with Crippen molar-refractivity contribution in [3.63, 3.8) is 0 Å². The standard InChI is InChI=1S/C24H21ClO2S/c1-27-24(26)23-21(28-2)14-20(16-10-12-17(25)13-11-16)19-9-5-7-15-6-3-4-8-18(15)22(19)23/h3-4,6,8,10-14H,5,7,9H2,1-2H3. The maximum atomic E-state index is 12.8.